The van der Waals surface area contributed by atoms with Crippen molar-refractivity contribution in [2.75, 3.05) is 13.2 Å². The van der Waals surface area contributed by atoms with Crippen LogP contribution in [0.25, 0.3) is 10.9 Å². The fraction of sp³-hybridized carbons (Fsp3) is 0.474. The summed E-state index contributed by atoms with van der Waals surface area (Å²) in [4.78, 5) is 16.2. The first-order valence-electron chi connectivity index (χ1n) is 8.47. The molecule has 0 aliphatic heterocycles. The molecule has 0 saturated heterocycles. The van der Waals surface area contributed by atoms with Crippen LogP contribution >= 0.6 is 11.6 Å². The molecule has 130 valence electrons. The fourth-order valence-corrected chi connectivity index (χ4v) is 2.73. The quantitative estimate of drug-likeness (QED) is 0.596. The molecule has 1 atom stereocenters. The number of nitrogens with zero attached hydrogens (tertiary/aromatic N) is 1. The normalized spacial score (nSPS) is 12.1. The Bertz CT molecular complexity index is 675. The summed E-state index contributed by atoms with van der Waals surface area (Å²) < 4.78 is 10.9. The Hall–Kier alpha value is -1.81. The lowest BCUT2D eigenvalue weighted by molar-refractivity contribution is -0.147. The summed E-state index contributed by atoms with van der Waals surface area (Å²) in [7, 11) is 0. The molecular formula is C19H24ClNO3. The summed E-state index contributed by atoms with van der Waals surface area (Å²) in [5.41, 5.74) is 0.646. The van der Waals surface area contributed by atoms with Crippen LogP contribution in [0.2, 0.25) is 5.02 Å². The number of rotatable bonds is 9. The van der Waals surface area contributed by atoms with Gasteiger partial charge in [0.2, 0.25) is 0 Å². The topological polar surface area (TPSA) is 48.4 Å². The van der Waals surface area contributed by atoms with Crippen molar-refractivity contribution in [3.8, 4) is 5.75 Å². The zero-order chi connectivity index (χ0) is 17.4. The van der Waals surface area contributed by atoms with Gasteiger partial charge in [0.05, 0.1) is 11.6 Å². The summed E-state index contributed by atoms with van der Waals surface area (Å²) >= 11 is 6.15. The summed E-state index contributed by atoms with van der Waals surface area (Å²) in [6.07, 6.45) is 6.09. The smallest absolute Gasteiger partial charge is 0.344 e. The van der Waals surface area contributed by atoms with Gasteiger partial charge in [-0.1, -0.05) is 44.7 Å². The number of fused-ring (bicyclic) bond motifs is 1. The molecule has 0 bridgehead atoms. The SMILES string of the molecule is CCCCC(CC)COC(=O)COc1ccc(Cl)c2cccnc12. The number of halogens is 1. The number of ether oxygens (including phenoxy) is 2. The molecule has 0 aliphatic carbocycles. The van der Waals surface area contributed by atoms with E-state index in [0.29, 0.717) is 28.8 Å². The first-order chi connectivity index (χ1) is 11.7. The van der Waals surface area contributed by atoms with Gasteiger partial charge in [0.25, 0.3) is 0 Å². The number of pyridine rings is 1. The molecule has 1 unspecified atom stereocenters. The van der Waals surface area contributed by atoms with Gasteiger partial charge >= 0.3 is 5.97 Å². The summed E-state index contributed by atoms with van der Waals surface area (Å²) in [6.45, 7) is 4.61. The molecule has 5 heteroatoms. The third-order valence-corrected chi connectivity index (χ3v) is 4.38. The third kappa shape index (κ3) is 5.10. The van der Waals surface area contributed by atoms with Gasteiger partial charge in [0.15, 0.2) is 6.61 Å². The van der Waals surface area contributed by atoms with Gasteiger partial charge in [0.1, 0.15) is 11.3 Å². The lowest BCUT2D eigenvalue weighted by atomic mass is 10.0. The molecule has 0 N–H and O–H groups in total. The minimum absolute atomic E-state index is 0.127. The molecule has 0 radical (unpaired) electrons. The summed E-state index contributed by atoms with van der Waals surface area (Å²) in [5, 5.41) is 1.41. The van der Waals surface area contributed by atoms with Gasteiger partial charge in [-0.2, -0.15) is 0 Å². The minimum atomic E-state index is -0.357. The van der Waals surface area contributed by atoms with Crippen molar-refractivity contribution in [3.05, 3.63) is 35.5 Å². The van der Waals surface area contributed by atoms with Crippen molar-refractivity contribution >= 4 is 28.5 Å². The van der Waals surface area contributed by atoms with Gasteiger partial charge in [-0.15, -0.1) is 0 Å². The number of carbonyl (C=O) groups excluding carboxylic acids is 1. The van der Waals surface area contributed by atoms with E-state index in [1.807, 2.05) is 12.1 Å². The zero-order valence-electron chi connectivity index (χ0n) is 14.3. The molecule has 2 rings (SSSR count). The van der Waals surface area contributed by atoms with E-state index in [1.54, 1.807) is 18.3 Å². The van der Waals surface area contributed by atoms with Crippen molar-refractivity contribution in [2.24, 2.45) is 5.92 Å². The van der Waals surface area contributed by atoms with Crippen LogP contribution in [0.3, 0.4) is 0 Å². The van der Waals surface area contributed by atoms with E-state index >= 15 is 0 Å². The Kier molecular flexibility index (Phi) is 7.32. The molecule has 24 heavy (non-hydrogen) atoms. The molecule has 1 aromatic carbocycles. The van der Waals surface area contributed by atoms with E-state index in [4.69, 9.17) is 21.1 Å². The van der Waals surface area contributed by atoms with Gasteiger partial charge in [-0.3, -0.25) is 4.98 Å². The molecule has 0 amide bonds. The highest BCUT2D eigenvalue weighted by molar-refractivity contribution is 6.35. The molecule has 0 aliphatic rings. The second-order valence-electron chi connectivity index (χ2n) is 5.83. The maximum atomic E-state index is 11.9. The monoisotopic (exact) mass is 349 g/mol. The second-order valence-corrected chi connectivity index (χ2v) is 6.24. The van der Waals surface area contributed by atoms with Crippen molar-refractivity contribution in [1.82, 2.24) is 4.98 Å². The molecule has 1 heterocycles. The second kappa shape index (κ2) is 9.48. The molecular weight excluding hydrogens is 326 g/mol. The summed E-state index contributed by atoms with van der Waals surface area (Å²) in [5.74, 6) is 0.598. The first-order valence-corrected chi connectivity index (χ1v) is 8.85. The maximum absolute atomic E-state index is 11.9. The zero-order valence-corrected chi connectivity index (χ0v) is 15.0. The Labute approximate surface area is 148 Å². The molecule has 1 aromatic heterocycles. The number of unbranched alkanes of at least 4 members (excludes halogenated alkanes) is 1. The van der Waals surface area contributed by atoms with E-state index < -0.39 is 0 Å². The number of carbonyl (C=O) groups is 1. The Morgan fingerprint density at radius 2 is 2.12 bits per heavy atom. The van der Waals surface area contributed by atoms with E-state index in [1.165, 1.54) is 0 Å². The highest BCUT2D eigenvalue weighted by Gasteiger charge is 2.12. The first kappa shape index (κ1) is 18.5. The van der Waals surface area contributed by atoms with Gasteiger partial charge in [-0.25, -0.2) is 4.79 Å². The predicted octanol–water partition coefficient (Wildman–Crippen LogP) is 5.03. The van der Waals surface area contributed by atoms with Crippen molar-refractivity contribution < 1.29 is 14.3 Å². The van der Waals surface area contributed by atoms with Gasteiger partial charge in [-0.05, 0) is 36.6 Å². The summed E-state index contributed by atoms with van der Waals surface area (Å²) in [6, 6.07) is 7.15. The minimum Gasteiger partial charge on any atom is -0.480 e. The molecule has 2 aromatic rings. The van der Waals surface area contributed by atoms with E-state index in [9.17, 15) is 4.79 Å². The van der Waals surface area contributed by atoms with E-state index in [0.717, 1.165) is 31.1 Å². The average Bonchev–Trinajstić information content (AvgIpc) is 2.61. The number of aromatic nitrogens is 1. The van der Waals surface area contributed by atoms with Gasteiger partial charge < -0.3 is 9.47 Å². The van der Waals surface area contributed by atoms with Crippen molar-refractivity contribution in [2.45, 2.75) is 39.5 Å². The largest absolute Gasteiger partial charge is 0.480 e. The van der Waals surface area contributed by atoms with Crippen LogP contribution in [0.5, 0.6) is 5.75 Å². The molecule has 0 fully saturated rings. The number of hydrogen-bond donors (Lipinski definition) is 0. The lowest BCUT2D eigenvalue weighted by Gasteiger charge is -2.15. The van der Waals surface area contributed by atoms with Crippen LogP contribution in [0.1, 0.15) is 39.5 Å². The molecule has 0 saturated carbocycles. The molecule has 4 nitrogen and oxygen atoms in total. The van der Waals surface area contributed by atoms with Crippen LogP contribution in [0.15, 0.2) is 30.5 Å². The number of benzene rings is 1. The number of esters is 1. The fourth-order valence-electron chi connectivity index (χ4n) is 2.52. The van der Waals surface area contributed by atoms with E-state index in [2.05, 4.69) is 18.8 Å². The lowest BCUT2D eigenvalue weighted by Crippen LogP contribution is -2.19. The average molecular weight is 350 g/mol. The van der Waals surface area contributed by atoms with Crippen LogP contribution in [0, 0.1) is 5.92 Å². The predicted molar refractivity (Wildman–Crippen MR) is 96.5 cm³/mol. The van der Waals surface area contributed by atoms with Crippen molar-refractivity contribution in [1.29, 1.82) is 0 Å². The van der Waals surface area contributed by atoms with Crippen molar-refractivity contribution in [3.63, 3.8) is 0 Å². The third-order valence-electron chi connectivity index (χ3n) is 4.05. The number of hydrogen-bond acceptors (Lipinski definition) is 4. The standard InChI is InChI=1S/C19H24ClNO3/c1-3-5-7-14(4-2)12-24-18(22)13-23-17-10-9-16(20)15-8-6-11-21-19(15)17/h6,8-11,14H,3-5,7,12-13H2,1-2H3. The Morgan fingerprint density at radius 3 is 2.88 bits per heavy atom. The Balaban J connectivity index is 1.89. The Morgan fingerprint density at radius 1 is 1.29 bits per heavy atom. The van der Waals surface area contributed by atoms with E-state index in [-0.39, 0.29) is 12.6 Å². The van der Waals surface area contributed by atoms with Crippen LogP contribution in [0.4, 0.5) is 0 Å². The molecule has 0 spiro atoms. The van der Waals surface area contributed by atoms with Crippen LogP contribution < -0.4 is 4.74 Å². The highest BCUT2D eigenvalue weighted by Crippen LogP contribution is 2.29. The van der Waals surface area contributed by atoms with Crippen LogP contribution in [-0.2, 0) is 9.53 Å². The van der Waals surface area contributed by atoms with Gasteiger partial charge in [0, 0.05) is 11.6 Å². The maximum Gasteiger partial charge on any atom is 0.344 e. The van der Waals surface area contributed by atoms with Crippen LogP contribution in [-0.4, -0.2) is 24.2 Å². The highest BCUT2D eigenvalue weighted by atomic mass is 35.5.